The predicted molar refractivity (Wildman–Crippen MR) is 64.2 cm³/mol. The molecule has 0 unspecified atom stereocenters. The number of carboxylic acid groups (broad SMARTS) is 1. The lowest BCUT2D eigenvalue weighted by molar-refractivity contribution is -0.136. The number of nitrogens with zero attached hydrogens (tertiary/aromatic N) is 3. The van der Waals surface area contributed by atoms with Gasteiger partial charge in [-0.05, 0) is 23.0 Å². The minimum atomic E-state index is -0.884. The SMILES string of the molecule is Nc1nnc(OCc2ccc(CC(=O)O)cn2)s1. The van der Waals surface area contributed by atoms with Crippen molar-refractivity contribution in [3.8, 4) is 5.19 Å². The predicted octanol–water partition coefficient (Wildman–Crippen LogP) is 0.721. The Morgan fingerprint density at radius 3 is 2.83 bits per heavy atom. The summed E-state index contributed by atoms with van der Waals surface area (Å²) >= 11 is 1.15. The molecule has 7 nitrogen and oxygen atoms in total. The topological polar surface area (TPSA) is 111 Å². The standard InChI is InChI=1S/C10H10N4O3S/c11-9-13-14-10(18-9)17-5-7-2-1-6(4-12-7)3-8(15)16/h1-2,4H,3,5H2,(H2,11,13)(H,15,16). The summed E-state index contributed by atoms with van der Waals surface area (Å²) in [6, 6.07) is 3.41. The van der Waals surface area contributed by atoms with Crippen LogP contribution in [0, 0.1) is 0 Å². The van der Waals surface area contributed by atoms with E-state index in [1.165, 1.54) is 6.20 Å². The molecular formula is C10H10N4O3S. The van der Waals surface area contributed by atoms with Gasteiger partial charge in [0.1, 0.15) is 6.61 Å². The Hall–Kier alpha value is -2.22. The highest BCUT2D eigenvalue weighted by molar-refractivity contribution is 7.16. The number of hydrogen-bond acceptors (Lipinski definition) is 7. The smallest absolute Gasteiger partial charge is 0.307 e. The summed E-state index contributed by atoms with van der Waals surface area (Å²) in [7, 11) is 0. The van der Waals surface area contributed by atoms with E-state index in [9.17, 15) is 4.79 Å². The van der Waals surface area contributed by atoms with Crippen molar-refractivity contribution in [2.45, 2.75) is 13.0 Å². The van der Waals surface area contributed by atoms with Crippen LogP contribution >= 0.6 is 11.3 Å². The van der Waals surface area contributed by atoms with Crippen molar-refractivity contribution < 1.29 is 14.6 Å². The van der Waals surface area contributed by atoms with Gasteiger partial charge in [-0.3, -0.25) is 9.78 Å². The number of rotatable bonds is 5. The molecule has 0 aliphatic rings. The van der Waals surface area contributed by atoms with Crippen molar-refractivity contribution >= 4 is 22.4 Å². The highest BCUT2D eigenvalue weighted by Gasteiger charge is 2.04. The van der Waals surface area contributed by atoms with Gasteiger partial charge in [0.2, 0.25) is 5.13 Å². The van der Waals surface area contributed by atoms with Crippen LogP contribution in [0.5, 0.6) is 5.19 Å². The van der Waals surface area contributed by atoms with Crippen molar-refractivity contribution in [1.82, 2.24) is 15.2 Å². The molecule has 0 bridgehead atoms. The molecule has 0 spiro atoms. The molecule has 18 heavy (non-hydrogen) atoms. The lowest BCUT2D eigenvalue weighted by Gasteiger charge is -2.02. The van der Waals surface area contributed by atoms with E-state index in [0.717, 1.165) is 11.3 Å². The summed E-state index contributed by atoms with van der Waals surface area (Å²) in [5, 5.41) is 16.6. The van der Waals surface area contributed by atoms with Gasteiger partial charge in [-0.1, -0.05) is 11.2 Å². The second-order valence-corrected chi connectivity index (χ2v) is 4.39. The van der Waals surface area contributed by atoms with E-state index in [2.05, 4.69) is 15.2 Å². The van der Waals surface area contributed by atoms with Crippen molar-refractivity contribution in [3.05, 3.63) is 29.6 Å². The molecule has 0 atom stereocenters. The first-order chi connectivity index (χ1) is 8.63. The molecule has 0 aliphatic carbocycles. The average molecular weight is 266 g/mol. The van der Waals surface area contributed by atoms with Crippen molar-refractivity contribution in [2.24, 2.45) is 0 Å². The van der Waals surface area contributed by atoms with Crippen LogP contribution in [0.2, 0.25) is 0 Å². The van der Waals surface area contributed by atoms with Crippen molar-refractivity contribution in [1.29, 1.82) is 0 Å². The third-order valence-electron chi connectivity index (χ3n) is 2.01. The van der Waals surface area contributed by atoms with Gasteiger partial charge in [0.05, 0.1) is 12.1 Å². The van der Waals surface area contributed by atoms with E-state index in [1.54, 1.807) is 12.1 Å². The molecule has 2 aromatic rings. The first-order valence-electron chi connectivity index (χ1n) is 5.01. The number of carbonyl (C=O) groups is 1. The van der Waals surface area contributed by atoms with Gasteiger partial charge in [-0.15, -0.1) is 5.10 Å². The van der Waals surface area contributed by atoms with Crippen LogP contribution in [-0.4, -0.2) is 26.3 Å². The number of hydrogen-bond donors (Lipinski definition) is 2. The van der Waals surface area contributed by atoms with E-state index < -0.39 is 5.97 Å². The summed E-state index contributed by atoms with van der Waals surface area (Å²) in [5.74, 6) is -0.884. The van der Waals surface area contributed by atoms with Gasteiger partial charge >= 0.3 is 5.97 Å². The fourth-order valence-electron chi connectivity index (χ4n) is 1.23. The van der Waals surface area contributed by atoms with Gasteiger partial charge in [-0.2, -0.15) is 0 Å². The van der Waals surface area contributed by atoms with Crippen LogP contribution in [0.15, 0.2) is 18.3 Å². The van der Waals surface area contributed by atoms with Gasteiger partial charge in [-0.25, -0.2) is 0 Å². The van der Waals surface area contributed by atoms with Crippen LogP contribution in [0.3, 0.4) is 0 Å². The lowest BCUT2D eigenvalue weighted by atomic mass is 10.2. The lowest BCUT2D eigenvalue weighted by Crippen LogP contribution is -2.02. The summed E-state index contributed by atoms with van der Waals surface area (Å²) in [6.07, 6.45) is 1.47. The molecule has 3 N–H and O–H groups in total. The second-order valence-electron chi connectivity index (χ2n) is 3.42. The Kier molecular flexibility index (Phi) is 3.68. The Bertz CT molecular complexity index is 540. The Balaban J connectivity index is 1.92. The van der Waals surface area contributed by atoms with Crippen LogP contribution in [0.4, 0.5) is 5.13 Å². The van der Waals surface area contributed by atoms with E-state index in [1.807, 2.05) is 0 Å². The molecule has 2 heterocycles. The number of ether oxygens (including phenoxy) is 1. The second kappa shape index (κ2) is 5.41. The van der Waals surface area contributed by atoms with Gasteiger partial charge in [0.25, 0.3) is 5.19 Å². The van der Waals surface area contributed by atoms with Gasteiger partial charge in [0.15, 0.2) is 0 Å². The first-order valence-corrected chi connectivity index (χ1v) is 5.82. The number of aromatic nitrogens is 3. The normalized spacial score (nSPS) is 10.2. The highest BCUT2D eigenvalue weighted by Crippen LogP contribution is 2.19. The number of nitrogen functional groups attached to an aromatic ring is 1. The Morgan fingerprint density at radius 1 is 1.44 bits per heavy atom. The van der Waals surface area contributed by atoms with E-state index >= 15 is 0 Å². The maximum Gasteiger partial charge on any atom is 0.307 e. The minimum absolute atomic E-state index is 0.0406. The molecule has 0 radical (unpaired) electrons. The highest BCUT2D eigenvalue weighted by atomic mass is 32.1. The fraction of sp³-hybridized carbons (Fsp3) is 0.200. The molecule has 0 saturated heterocycles. The number of anilines is 1. The molecule has 0 aliphatic heterocycles. The van der Waals surface area contributed by atoms with E-state index in [4.69, 9.17) is 15.6 Å². The molecule has 0 saturated carbocycles. The number of aliphatic carboxylic acids is 1. The van der Waals surface area contributed by atoms with Gasteiger partial charge in [0, 0.05) is 6.20 Å². The monoisotopic (exact) mass is 266 g/mol. The van der Waals surface area contributed by atoms with Gasteiger partial charge < -0.3 is 15.6 Å². The maximum absolute atomic E-state index is 10.5. The third-order valence-corrected chi connectivity index (χ3v) is 2.67. The quantitative estimate of drug-likeness (QED) is 0.820. The maximum atomic E-state index is 10.5. The molecule has 2 aromatic heterocycles. The molecule has 0 fully saturated rings. The summed E-state index contributed by atoms with van der Waals surface area (Å²) in [5.41, 5.74) is 6.73. The minimum Gasteiger partial charge on any atom is -0.481 e. The molecule has 0 amide bonds. The molecule has 94 valence electrons. The molecule has 0 aromatic carbocycles. The Labute approximate surface area is 106 Å². The molecule has 8 heteroatoms. The van der Waals surface area contributed by atoms with Crippen molar-refractivity contribution in [3.63, 3.8) is 0 Å². The molecular weight excluding hydrogens is 256 g/mol. The number of pyridine rings is 1. The molecule has 2 rings (SSSR count). The fourth-order valence-corrected chi connectivity index (χ4v) is 1.69. The zero-order valence-electron chi connectivity index (χ0n) is 9.24. The van der Waals surface area contributed by atoms with Crippen LogP contribution in [0.25, 0.3) is 0 Å². The van der Waals surface area contributed by atoms with E-state index in [0.29, 0.717) is 21.6 Å². The first kappa shape index (κ1) is 12.2. The summed E-state index contributed by atoms with van der Waals surface area (Å²) < 4.78 is 5.32. The third kappa shape index (κ3) is 3.39. The van der Waals surface area contributed by atoms with E-state index in [-0.39, 0.29) is 13.0 Å². The zero-order valence-corrected chi connectivity index (χ0v) is 10.1. The zero-order chi connectivity index (χ0) is 13.0. The van der Waals surface area contributed by atoms with Crippen LogP contribution in [-0.2, 0) is 17.8 Å². The number of carboxylic acids is 1. The number of nitrogens with two attached hydrogens (primary N) is 1. The summed E-state index contributed by atoms with van der Waals surface area (Å²) in [4.78, 5) is 14.6. The van der Waals surface area contributed by atoms with Crippen LogP contribution in [0.1, 0.15) is 11.3 Å². The summed E-state index contributed by atoms with van der Waals surface area (Å²) in [6.45, 7) is 0.238. The van der Waals surface area contributed by atoms with Crippen LogP contribution < -0.4 is 10.5 Å². The van der Waals surface area contributed by atoms with Crippen molar-refractivity contribution in [2.75, 3.05) is 5.73 Å². The Morgan fingerprint density at radius 2 is 2.28 bits per heavy atom. The average Bonchev–Trinajstić information content (AvgIpc) is 2.74. The largest absolute Gasteiger partial charge is 0.481 e.